The van der Waals surface area contributed by atoms with Crippen LogP contribution in [0.5, 0.6) is 0 Å². The van der Waals surface area contributed by atoms with Gasteiger partial charge in [-0.15, -0.1) is 0 Å². The van der Waals surface area contributed by atoms with E-state index < -0.39 is 0 Å². The molecule has 1 N–H and O–H groups in total. The maximum Gasteiger partial charge on any atom is 0.0684 e. The van der Waals surface area contributed by atoms with E-state index in [2.05, 4.69) is 48.4 Å². The van der Waals surface area contributed by atoms with Crippen molar-refractivity contribution >= 4 is 43.6 Å². The number of rotatable bonds is 9. The van der Waals surface area contributed by atoms with Crippen LogP contribution in [0.4, 0.5) is 0 Å². The molecule has 0 aliphatic heterocycles. The molecule has 5 heteroatoms. The Bertz CT molecular complexity index is 348. The van der Waals surface area contributed by atoms with E-state index in [0.29, 0.717) is 0 Å². The third-order valence-electron chi connectivity index (χ3n) is 2.63. The van der Waals surface area contributed by atoms with Gasteiger partial charge in [-0.2, -0.15) is 11.8 Å². The molecule has 0 aromatic carbocycles. The van der Waals surface area contributed by atoms with Crippen LogP contribution in [0.25, 0.3) is 0 Å². The fraction of sp³-hybridized carbons (Fsp3) is 0.615. The molecule has 0 spiro atoms. The highest BCUT2D eigenvalue weighted by Gasteiger charge is 2.01. The Morgan fingerprint density at radius 3 is 2.72 bits per heavy atom. The Balaban J connectivity index is 2.07. The van der Waals surface area contributed by atoms with E-state index >= 15 is 0 Å². The summed E-state index contributed by atoms with van der Waals surface area (Å²) in [6.07, 6.45) is 9.28. The lowest BCUT2D eigenvalue weighted by atomic mass is 10.2. The predicted molar refractivity (Wildman–Crippen MR) is 88.2 cm³/mol. The molecule has 1 heterocycles. The summed E-state index contributed by atoms with van der Waals surface area (Å²) in [5.74, 6) is 1.29. The minimum Gasteiger partial charge on any atom is -0.311 e. The molecule has 102 valence electrons. The summed E-state index contributed by atoms with van der Waals surface area (Å²) in [5.41, 5.74) is 1.07. The number of nitrogens with one attached hydrogen (secondary N) is 1. The van der Waals surface area contributed by atoms with Crippen molar-refractivity contribution in [3.05, 3.63) is 26.9 Å². The van der Waals surface area contributed by atoms with Gasteiger partial charge < -0.3 is 5.32 Å². The van der Waals surface area contributed by atoms with E-state index in [1.54, 1.807) is 0 Å². The molecule has 0 radical (unpaired) electrons. The van der Waals surface area contributed by atoms with Crippen LogP contribution in [0.2, 0.25) is 0 Å². The quantitative estimate of drug-likeness (QED) is 0.617. The summed E-state index contributed by atoms with van der Waals surface area (Å²) < 4.78 is 2.07. The molecule has 0 unspecified atom stereocenters. The summed E-state index contributed by atoms with van der Waals surface area (Å²) >= 11 is 8.87. The number of hydrogen-bond donors (Lipinski definition) is 1. The van der Waals surface area contributed by atoms with Gasteiger partial charge in [-0.25, -0.2) is 0 Å². The zero-order chi connectivity index (χ0) is 13.2. The van der Waals surface area contributed by atoms with Crippen LogP contribution in [0.3, 0.4) is 0 Å². The third kappa shape index (κ3) is 7.12. The second kappa shape index (κ2) is 10.2. The SMILES string of the molecule is CSCCCCCCNCc1ncc(Br)cc1Br. The molecule has 1 aromatic heterocycles. The Morgan fingerprint density at radius 2 is 2.00 bits per heavy atom. The smallest absolute Gasteiger partial charge is 0.0684 e. The normalized spacial score (nSPS) is 10.8. The number of halogens is 2. The first kappa shape index (κ1) is 16.5. The van der Waals surface area contributed by atoms with Gasteiger partial charge in [-0.05, 0) is 69.3 Å². The maximum absolute atomic E-state index is 4.38. The number of unbranched alkanes of at least 4 members (excludes halogenated alkanes) is 3. The summed E-state index contributed by atoms with van der Waals surface area (Å²) in [6, 6.07) is 2.03. The largest absolute Gasteiger partial charge is 0.311 e. The number of thioether (sulfide) groups is 1. The summed E-state index contributed by atoms with van der Waals surface area (Å²) in [7, 11) is 0. The van der Waals surface area contributed by atoms with Gasteiger partial charge in [0.25, 0.3) is 0 Å². The Morgan fingerprint density at radius 1 is 1.22 bits per heavy atom. The Kier molecular flexibility index (Phi) is 9.37. The fourth-order valence-corrected chi connectivity index (χ4v) is 3.25. The number of pyridine rings is 1. The van der Waals surface area contributed by atoms with Gasteiger partial charge in [0.2, 0.25) is 0 Å². The number of aromatic nitrogens is 1. The van der Waals surface area contributed by atoms with Crippen molar-refractivity contribution in [1.82, 2.24) is 10.3 Å². The lowest BCUT2D eigenvalue weighted by Gasteiger charge is -2.06. The third-order valence-corrected chi connectivity index (χ3v) is 4.45. The number of hydrogen-bond acceptors (Lipinski definition) is 3. The van der Waals surface area contributed by atoms with Crippen molar-refractivity contribution in [2.45, 2.75) is 32.2 Å². The van der Waals surface area contributed by atoms with Crippen LogP contribution in [-0.2, 0) is 6.54 Å². The van der Waals surface area contributed by atoms with E-state index in [9.17, 15) is 0 Å². The summed E-state index contributed by atoms with van der Waals surface area (Å²) in [6.45, 7) is 1.90. The molecule has 0 aliphatic carbocycles. The summed E-state index contributed by atoms with van der Waals surface area (Å²) in [4.78, 5) is 4.38. The van der Waals surface area contributed by atoms with Gasteiger partial charge >= 0.3 is 0 Å². The molecule has 2 nitrogen and oxygen atoms in total. The van der Waals surface area contributed by atoms with Gasteiger partial charge in [0, 0.05) is 21.7 Å². The van der Waals surface area contributed by atoms with Crippen LogP contribution in [0, 0.1) is 0 Å². The molecule has 1 rings (SSSR count). The first-order valence-corrected chi connectivity index (χ1v) is 9.21. The molecular formula is C13H20Br2N2S. The van der Waals surface area contributed by atoms with E-state index in [0.717, 1.165) is 27.7 Å². The molecule has 0 amide bonds. The van der Waals surface area contributed by atoms with E-state index in [4.69, 9.17) is 0 Å². The molecule has 0 saturated carbocycles. The topological polar surface area (TPSA) is 24.9 Å². The highest BCUT2D eigenvalue weighted by atomic mass is 79.9. The predicted octanol–water partition coefficient (Wildman–Crippen LogP) is 4.62. The summed E-state index contributed by atoms with van der Waals surface area (Å²) in [5, 5.41) is 3.44. The molecule has 0 fully saturated rings. The first-order valence-electron chi connectivity index (χ1n) is 6.23. The van der Waals surface area contributed by atoms with Crippen LogP contribution in [0.15, 0.2) is 21.2 Å². The van der Waals surface area contributed by atoms with E-state index in [-0.39, 0.29) is 0 Å². The van der Waals surface area contributed by atoms with Crippen molar-refractivity contribution in [2.75, 3.05) is 18.6 Å². The Labute approximate surface area is 131 Å². The van der Waals surface area contributed by atoms with Gasteiger partial charge in [-0.3, -0.25) is 4.98 Å². The minimum absolute atomic E-state index is 0.832. The second-order valence-electron chi connectivity index (χ2n) is 4.17. The first-order chi connectivity index (χ1) is 8.74. The van der Waals surface area contributed by atoms with Crippen molar-refractivity contribution in [3.8, 4) is 0 Å². The molecule has 0 aliphatic rings. The maximum atomic E-state index is 4.38. The molecule has 0 saturated heterocycles. The standard InChI is InChI=1S/C13H20Br2N2S/c1-18-7-5-3-2-4-6-16-10-13-12(15)8-11(14)9-17-13/h8-9,16H,2-7,10H2,1H3. The lowest BCUT2D eigenvalue weighted by Crippen LogP contribution is -2.15. The van der Waals surface area contributed by atoms with Crippen LogP contribution < -0.4 is 5.32 Å². The highest BCUT2D eigenvalue weighted by molar-refractivity contribution is 9.11. The molecule has 1 aromatic rings. The average Bonchev–Trinajstić information content (AvgIpc) is 2.35. The second-order valence-corrected chi connectivity index (χ2v) is 6.92. The molecule has 0 bridgehead atoms. The van der Waals surface area contributed by atoms with Gasteiger partial charge in [-0.1, -0.05) is 12.8 Å². The average molecular weight is 396 g/mol. The zero-order valence-electron chi connectivity index (χ0n) is 10.7. The van der Waals surface area contributed by atoms with Crippen LogP contribution in [-0.4, -0.2) is 23.5 Å². The van der Waals surface area contributed by atoms with Gasteiger partial charge in [0.05, 0.1) is 5.69 Å². The molecule has 18 heavy (non-hydrogen) atoms. The van der Waals surface area contributed by atoms with E-state index in [1.807, 2.05) is 24.0 Å². The molecular weight excluding hydrogens is 376 g/mol. The van der Waals surface area contributed by atoms with Crippen molar-refractivity contribution in [3.63, 3.8) is 0 Å². The molecule has 0 atom stereocenters. The van der Waals surface area contributed by atoms with E-state index in [1.165, 1.54) is 31.4 Å². The number of nitrogens with zero attached hydrogens (tertiary/aromatic N) is 1. The van der Waals surface area contributed by atoms with Crippen molar-refractivity contribution in [1.29, 1.82) is 0 Å². The zero-order valence-corrected chi connectivity index (χ0v) is 14.7. The van der Waals surface area contributed by atoms with Crippen molar-refractivity contribution in [2.24, 2.45) is 0 Å². The van der Waals surface area contributed by atoms with Crippen LogP contribution in [0.1, 0.15) is 31.4 Å². The Hall–Kier alpha value is 0.420. The fourth-order valence-electron chi connectivity index (χ4n) is 1.63. The monoisotopic (exact) mass is 394 g/mol. The van der Waals surface area contributed by atoms with Crippen LogP contribution >= 0.6 is 43.6 Å². The highest BCUT2D eigenvalue weighted by Crippen LogP contribution is 2.19. The van der Waals surface area contributed by atoms with Gasteiger partial charge in [0.1, 0.15) is 0 Å². The van der Waals surface area contributed by atoms with Crippen molar-refractivity contribution < 1.29 is 0 Å². The minimum atomic E-state index is 0.832. The lowest BCUT2D eigenvalue weighted by molar-refractivity contribution is 0.594. The van der Waals surface area contributed by atoms with Gasteiger partial charge in [0.15, 0.2) is 0 Å².